The lowest BCUT2D eigenvalue weighted by Crippen LogP contribution is -2.32. The highest BCUT2D eigenvalue weighted by atomic mass is 35.5. The number of carbonyl (C=O) groups is 2. The number of nitrogens with one attached hydrogen (secondary N) is 1. The van der Waals surface area contributed by atoms with Gasteiger partial charge in [0.15, 0.2) is 0 Å². The number of amides is 1. The molecule has 9 heteroatoms. The lowest BCUT2D eigenvalue weighted by Gasteiger charge is -2.18. The number of alkyl halides is 3. The first-order valence-electron chi connectivity index (χ1n) is 7.73. The molecule has 2 aromatic rings. The first-order valence-corrected chi connectivity index (χ1v) is 8.11. The summed E-state index contributed by atoms with van der Waals surface area (Å²) in [5.41, 5.74) is 0.906. The second-order valence-corrected chi connectivity index (χ2v) is 6.10. The van der Waals surface area contributed by atoms with Gasteiger partial charge in [-0.1, -0.05) is 23.7 Å². The zero-order valence-corrected chi connectivity index (χ0v) is 14.5. The average Bonchev–Trinajstić information content (AvgIpc) is 2.56. The predicted molar refractivity (Wildman–Crippen MR) is 90.0 cm³/mol. The second-order valence-electron chi connectivity index (χ2n) is 5.67. The molecule has 2 rings (SSSR count). The highest BCUT2D eigenvalue weighted by molar-refractivity contribution is 6.30. The van der Waals surface area contributed by atoms with E-state index in [0.717, 1.165) is 12.1 Å². The summed E-state index contributed by atoms with van der Waals surface area (Å²) in [5.74, 6) is -3.35. The van der Waals surface area contributed by atoms with E-state index in [1.54, 1.807) is 24.3 Å². The van der Waals surface area contributed by atoms with Crippen molar-refractivity contribution in [1.29, 1.82) is 0 Å². The Morgan fingerprint density at radius 3 is 2.19 bits per heavy atom. The summed E-state index contributed by atoms with van der Waals surface area (Å²) in [5, 5.41) is 13.9. The lowest BCUT2D eigenvalue weighted by molar-refractivity contribution is -0.306. The number of carbonyl (C=O) groups excluding carboxylic acids is 2. The third-order valence-electron chi connectivity index (χ3n) is 3.53. The zero-order valence-electron chi connectivity index (χ0n) is 13.8. The van der Waals surface area contributed by atoms with E-state index in [0.29, 0.717) is 10.6 Å². The number of hydrogen-bond donors (Lipinski definition) is 1. The topological polar surface area (TPSA) is 78.5 Å². The number of halogens is 4. The Balaban J connectivity index is 2.06. The van der Waals surface area contributed by atoms with Crippen LogP contribution in [-0.4, -0.2) is 18.2 Å². The molecule has 1 unspecified atom stereocenters. The van der Waals surface area contributed by atoms with Crippen LogP contribution in [0.25, 0.3) is 0 Å². The molecule has 0 aromatic heterocycles. The first-order chi connectivity index (χ1) is 12.6. The van der Waals surface area contributed by atoms with E-state index in [4.69, 9.17) is 11.6 Å². The minimum absolute atomic E-state index is 0.131. The minimum Gasteiger partial charge on any atom is -0.550 e. The van der Waals surface area contributed by atoms with Crippen LogP contribution < -0.4 is 15.2 Å². The van der Waals surface area contributed by atoms with Crippen molar-refractivity contribution in [3.05, 3.63) is 59.1 Å². The van der Waals surface area contributed by atoms with Crippen LogP contribution in [0.15, 0.2) is 48.5 Å². The normalized spacial score (nSPS) is 12.3. The van der Waals surface area contributed by atoms with Gasteiger partial charge >= 0.3 is 6.36 Å². The van der Waals surface area contributed by atoms with Crippen molar-refractivity contribution >= 4 is 29.2 Å². The van der Waals surface area contributed by atoms with E-state index in [9.17, 15) is 27.9 Å². The molecule has 5 nitrogen and oxygen atoms in total. The van der Waals surface area contributed by atoms with Crippen LogP contribution in [0.4, 0.5) is 18.9 Å². The Labute approximate surface area is 157 Å². The number of rotatable bonds is 7. The molecule has 1 N–H and O–H groups in total. The Hall–Kier alpha value is -2.74. The van der Waals surface area contributed by atoms with Gasteiger partial charge in [0.2, 0.25) is 5.91 Å². The zero-order chi connectivity index (χ0) is 20.0. The van der Waals surface area contributed by atoms with Gasteiger partial charge in [0.1, 0.15) is 5.75 Å². The maximum Gasteiger partial charge on any atom is 0.573 e. The van der Waals surface area contributed by atoms with Crippen molar-refractivity contribution in [3.63, 3.8) is 0 Å². The van der Waals surface area contributed by atoms with Crippen LogP contribution in [0.2, 0.25) is 5.02 Å². The molecule has 0 saturated heterocycles. The molecule has 2 aromatic carbocycles. The predicted octanol–water partition coefficient (Wildman–Crippen LogP) is 3.18. The standard InChI is InChI=1S/C18H15ClF3NO4/c19-13-3-1-11(2-4-13)9-12(10-16(24)25)17(26)23-14-5-7-15(8-6-14)27-18(20,21)22/h1-8,12H,9-10H2,(H,23,26)(H,24,25)/p-1. The summed E-state index contributed by atoms with van der Waals surface area (Å²) in [6, 6.07) is 11.1. The molecule has 0 saturated carbocycles. The van der Waals surface area contributed by atoms with Crippen molar-refractivity contribution < 1.29 is 32.6 Å². The Kier molecular flexibility index (Phi) is 6.68. The highest BCUT2D eigenvalue weighted by Gasteiger charge is 2.31. The SMILES string of the molecule is O=C([O-])CC(Cc1ccc(Cl)cc1)C(=O)Nc1ccc(OC(F)(F)F)cc1. The summed E-state index contributed by atoms with van der Waals surface area (Å²) < 4.78 is 40.2. The average molecular weight is 401 g/mol. The fourth-order valence-electron chi connectivity index (χ4n) is 2.35. The summed E-state index contributed by atoms with van der Waals surface area (Å²) in [7, 11) is 0. The number of anilines is 1. The third kappa shape index (κ3) is 7.18. The van der Waals surface area contributed by atoms with Crippen molar-refractivity contribution in [3.8, 4) is 5.75 Å². The number of carboxylic acids is 1. The largest absolute Gasteiger partial charge is 0.573 e. The molecular formula is C18H14ClF3NO4-. The van der Waals surface area contributed by atoms with E-state index >= 15 is 0 Å². The van der Waals surface area contributed by atoms with Crippen LogP contribution >= 0.6 is 11.6 Å². The van der Waals surface area contributed by atoms with Crippen molar-refractivity contribution in [1.82, 2.24) is 0 Å². The maximum absolute atomic E-state index is 12.4. The smallest absolute Gasteiger partial charge is 0.550 e. The molecule has 144 valence electrons. The number of ether oxygens (including phenoxy) is 1. The summed E-state index contributed by atoms with van der Waals surface area (Å²) in [6.07, 6.45) is -5.20. The summed E-state index contributed by atoms with van der Waals surface area (Å²) in [6.45, 7) is 0. The van der Waals surface area contributed by atoms with Crippen LogP contribution in [0.1, 0.15) is 12.0 Å². The highest BCUT2D eigenvalue weighted by Crippen LogP contribution is 2.24. The van der Waals surface area contributed by atoms with Gasteiger partial charge in [0, 0.05) is 22.6 Å². The van der Waals surface area contributed by atoms with Crippen LogP contribution in [0.5, 0.6) is 5.75 Å². The number of benzene rings is 2. The van der Waals surface area contributed by atoms with Crippen molar-refractivity contribution in [2.75, 3.05) is 5.32 Å². The molecule has 0 fully saturated rings. The molecule has 1 amide bonds. The molecule has 27 heavy (non-hydrogen) atoms. The first kappa shape index (κ1) is 20.6. The second kappa shape index (κ2) is 8.77. The molecule has 0 aliphatic carbocycles. The van der Waals surface area contributed by atoms with E-state index in [1.807, 2.05) is 0 Å². The van der Waals surface area contributed by atoms with Gasteiger partial charge in [0.05, 0.1) is 0 Å². The molecule has 1 atom stereocenters. The third-order valence-corrected chi connectivity index (χ3v) is 3.79. The summed E-state index contributed by atoms with van der Waals surface area (Å²) in [4.78, 5) is 23.3. The monoisotopic (exact) mass is 400 g/mol. The van der Waals surface area contributed by atoms with Crippen LogP contribution in [0, 0.1) is 5.92 Å². The number of hydrogen-bond acceptors (Lipinski definition) is 4. The van der Waals surface area contributed by atoms with Gasteiger partial charge in [-0.15, -0.1) is 13.2 Å². The molecule has 0 spiro atoms. The lowest BCUT2D eigenvalue weighted by atomic mass is 9.95. The fraction of sp³-hybridized carbons (Fsp3) is 0.222. The molecule has 0 aliphatic heterocycles. The fourth-order valence-corrected chi connectivity index (χ4v) is 2.47. The van der Waals surface area contributed by atoms with Crippen LogP contribution in [-0.2, 0) is 16.0 Å². The molecule has 0 aliphatic rings. The van der Waals surface area contributed by atoms with Crippen molar-refractivity contribution in [2.24, 2.45) is 5.92 Å². The molecule has 0 bridgehead atoms. The van der Waals surface area contributed by atoms with E-state index in [-0.39, 0.29) is 12.1 Å². The minimum atomic E-state index is -4.82. The Bertz CT molecular complexity index is 792. The van der Waals surface area contributed by atoms with Gasteiger partial charge in [-0.3, -0.25) is 4.79 Å². The van der Waals surface area contributed by atoms with E-state index in [1.165, 1.54) is 12.1 Å². The van der Waals surface area contributed by atoms with Gasteiger partial charge in [0.25, 0.3) is 0 Å². The molecule has 0 heterocycles. The number of carboxylic acid groups (broad SMARTS) is 1. The van der Waals surface area contributed by atoms with Gasteiger partial charge in [-0.05, 0) is 54.8 Å². The molecule has 0 radical (unpaired) electrons. The number of aliphatic carboxylic acids is 1. The Morgan fingerprint density at radius 2 is 1.67 bits per heavy atom. The van der Waals surface area contributed by atoms with Crippen LogP contribution in [0.3, 0.4) is 0 Å². The maximum atomic E-state index is 12.4. The Morgan fingerprint density at radius 1 is 1.07 bits per heavy atom. The summed E-state index contributed by atoms with van der Waals surface area (Å²) >= 11 is 5.79. The van der Waals surface area contributed by atoms with Gasteiger partial charge in [-0.2, -0.15) is 0 Å². The van der Waals surface area contributed by atoms with E-state index < -0.39 is 36.3 Å². The quantitative estimate of drug-likeness (QED) is 0.774. The van der Waals surface area contributed by atoms with Gasteiger partial charge in [-0.25, -0.2) is 0 Å². The van der Waals surface area contributed by atoms with E-state index in [2.05, 4.69) is 10.1 Å². The molecular weight excluding hydrogens is 387 g/mol. The van der Waals surface area contributed by atoms with Crippen molar-refractivity contribution in [2.45, 2.75) is 19.2 Å². The van der Waals surface area contributed by atoms with Gasteiger partial charge < -0.3 is 20.0 Å².